The molecule has 0 saturated heterocycles. The number of carboxylic acids is 1. The van der Waals surface area contributed by atoms with Crippen molar-refractivity contribution < 1.29 is 28.8 Å². The lowest BCUT2D eigenvalue weighted by Gasteiger charge is -2.13. The fourth-order valence-corrected chi connectivity index (χ4v) is 1.23. The Bertz CT molecular complexity index is 500. The zero-order valence-corrected chi connectivity index (χ0v) is 10.9. The van der Waals surface area contributed by atoms with Gasteiger partial charge in [0.25, 0.3) is 0 Å². The molecule has 3 N–H and O–H groups in total. The molecule has 20 heavy (non-hydrogen) atoms. The van der Waals surface area contributed by atoms with Gasteiger partial charge in [-0.05, 0) is 6.92 Å². The normalized spacial score (nSPS) is 11.5. The van der Waals surface area contributed by atoms with Crippen LogP contribution >= 0.6 is 0 Å². The van der Waals surface area contributed by atoms with Gasteiger partial charge in [-0.15, -0.1) is 0 Å². The van der Waals surface area contributed by atoms with E-state index in [1.807, 2.05) is 0 Å². The van der Waals surface area contributed by atoms with Crippen LogP contribution in [0.4, 0.5) is 4.79 Å². The number of ether oxygens (including phenoxy) is 1. The average molecular weight is 286 g/mol. The monoisotopic (exact) mass is 286 g/mol. The number of urea groups is 1. The third-order valence-electron chi connectivity index (χ3n) is 2.17. The van der Waals surface area contributed by atoms with Crippen LogP contribution in [0.15, 0.2) is 4.52 Å². The van der Waals surface area contributed by atoms with Crippen LogP contribution in [0.3, 0.4) is 0 Å². The van der Waals surface area contributed by atoms with Crippen molar-refractivity contribution in [2.24, 2.45) is 0 Å². The minimum atomic E-state index is -1.38. The maximum Gasteiger partial charge on any atom is 0.326 e. The molecule has 0 spiro atoms. The van der Waals surface area contributed by atoms with E-state index < -0.39 is 30.4 Å². The molecule has 0 radical (unpaired) electrons. The predicted molar refractivity (Wildman–Crippen MR) is 62.5 cm³/mol. The molecule has 1 aromatic rings. The Morgan fingerprint density at radius 2 is 2.15 bits per heavy atom. The molecule has 2 amide bonds. The number of methoxy groups -OCH3 is 1. The van der Waals surface area contributed by atoms with Crippen molar-refractivity contribution in [2.45, 2.75) is 25.9 Å². The average Bonchev–Trinajstić information content (AvgIpc) is 2.81. The predicted octanol–water partition coefficient (Wildman–Crippen LogP) is -0.806. The summed E-state index contributed by atoms with van der Waals surface area (Å²) in [5.41, 5.74) is 0. The molecule has 1 rings (SSSR count). The Hall–Kier alpha value is -2.65. The number of aryl methyl sites for hydroxylation is 1. The fraction of sp³-hybridized carbons (Fsp3) is 0.500. The Balaban J connectivity index is 2.45. The Kier molecular flexibility index (Phi) is 5.44. The van der Waals surface area contributed by atoms with Crippen LogP contribution in [0.1, 0.15) is 18.1 Å². The van der Waals surface area contributed by atoms with Crippen molar-refractivity contribution in [1.82, 2.24) is 20.8 Å². The van der Waals surface area contributed by atoms with Gasteiger partial charge in [0.15, 0.2) is 5.82 Å². The van der Waals surface area contributed by atoms with Crippen LogP contribution < -0.4 is 10.6 Å². The van der Waals surface area contributed by atoms with Gasteiger partial charge >= 0.3 is 18.0 Å². The lowest BCUT2D eigenvalue weighted by molar-refractivity contribution is -0.147. The first-order chi connectivity index (χ1) is 9.42. The van der Waals surface area contributed by atoms with E-state index in [9.17, 15) is 14.4 Å². The number of carboxylic acid groups (broad SMARTS) is 1. The molecular weight excluding hydrogens is 272 g/mol. The standard InChI is InChI=1S/C10H14N4O6/c1-5-12-7(20-14-5)4-11-10(18)13-6(9(16)17)3-8(15)19-2/h6H,3-4H2,1-2H3,(H,16,17)(H2,11,13,18)/t6-/m0/s1. The van der Waals surface area contributed by atoms with Gasteiger partial charge in [-0.3, -0.25) is 4.79 Å². The molecule has 110 valence electrons. The van der Waals surface area contributed by atoms with Crippen molar-refractivity contribution in [3.05, 3.63) is 11.7 Å². The summed E-state index contributed by atoms with van der Waals surface area (Å²) in [4.78, 5) is 37.2. The summed E-state index contributed by atoms with van der Waals surface area (Å²) in [5, 5.41) is 16.8. The van der Waals surface area contributed by atoms with Gasteiger partial charge < -0.3 is 25.0 Å². The third-order valence-corrected chi connectivity index (χ3v) is 2.17. The third kappa shape index (κ3) is 4.92. The summed E-state index contributed by atoms with van der Waals surface area (Å²) >= 11 is 0. The Labute approximate surface area is 113 Å². The summed E-state index contributed by atoms with van der Waals surface area (Å²) in [7, 11) is 1.12. The molecule has 10 heteroatoms. The van der Waals surface area contributed by atoms with Crippen LogP contribution in [0.5, 0.6) is 0 Å². The van der Waals surface area contributed by atoms with Crippen LogP contribution in [0, 0.1) is 6.92 Å². The number of esters is 1. The molecule has 0 aliphatic heterocycles. The van der Waals surface area contributed by atoms with E-state index in [1.165, 1.54) is 0 Å². The minimum Gasteiger partial charge on any atom is -0.480 e. The highest BCUT2D eigenvalue weighted by atomic mass is 16.5. The summed E-state index contributed by atoms with van der Waals surface area (Å²) in [6.07, 6.45) is -0.473. The maximum atomic E-state index is 11.5. The van der Waals surface area contributed by atoms with Crippen LogP contribution in [0.2, 0.25) is 0 Å². The smallest absolute Gasteiger partial charge is 0.326 e. The number of aromatic nitrogens is 2. The quantitative estimate of drug-likeness (QED) is 0.576. The van der Waals surface area contributed by atoms with Crippen molar-refractivity contribution in [1.29, 1.82) is 0 Å². The number of amides is 2. The second-order valence-corrected chi connectivity index (χ2v) is 3.73. The van der Waals surface area contributed by atoms with Crippen LogP contribution in [-0.4, -0.2) is 46.4 Å². The van der Waals surface area contributed by atoms with E-state index in [-0.39, 0.29) is 12.4 Å². The molecule has 1 atom stereocenters. The highest BCUT2D eigenvalue weighted by Crippen LogP contribution is 1.97. The number of carbonyl (C=O) groups excluding carboxylic acids is 2. The summed E-state index contributed by atoms with van der Waals surface area (Å²) in [6.45, 7) is 1.56. The number of carbonyl (C=O) groups is 3. The number of hydrogen-bond donors (Lipinski definition) is 3. The van der Waals surface area contributed by atoms with Crippen molar-refractivity contribution >= 4 is 18.0 Å². The summed E-state index contributed by atoms with van der Waals surface area (Å²) < 4.78 is 9.09. The molecule has 1 heterocycles. The molecule has 0 aliphatic rings. The van der Waals surface area contributed by atoms with Crippen molar-refractivity contribution in [3.63, 3.8) is 0 Å². The highest BCUT2D eigenvalue weighted by molar-refractivity contribution is 5.86. The van der Waals surface area contributed by atoms with E-state index >= 15 is 0 Å². The summed E-state index contributed by atoms with van der Waals surface area (Å²) in [6, 6.07) is -2.16. The number of rotatable bonds is 6. The Morgan fingerprint density at radius 3 is 2.65 bits per heavy atom. The maximum absolute atomic E-state index is 11.5. The zero-order chi connectivity index (χ0) is 15.1. The largest absolute Gasteiger partial charge is 0.480 e. The first kappa shape index (κ1) is 15.4. The zero-order valence-electron chi connectivity index (χ0n) is 10.9. The molecular formula is C10H14N4O6. The molecule has 1 aromatic heterocycles. The van der Waals surface area contributed by atoms with E-state index in [2.05, 4.69) is 25.5 Å². The molecule has 0 bridgehead atoms. The van der Waals surface area contributed by atoms with Gasteiger partial charge in [0.05, 0.1) is 20.1 Å². The number of nitrogens with one attached hydrogen (secondary N) is 2. The molecule has 0 saturated carbocycles. The second kappa shape index (κ2) is 7.07. The fourth-order valence-electron chi connectivity index (χ4n) is 1.23. The van der Waals surface area contributed by atoms with Gasteiger partial charge in [0.1, 0.15) is 6.04 Å². The molecule has 10 nitrogen and oxygen atoms in total. The first-order valence-electron chi connectivity index (χ1n) is 5.55. The summed E-state index contributed by atoms with van der Waals surface area (Å²) in [5.74, 6) is -1.50. The van der Waals surface area contributed by atoms with Crippen molar-refractivity contribution in [3.8, 4) is 0 Å². The number of aliphatic carboxylic acids is 1. The number of nitrogens with zero attached hydrogens (tertiary/aromatic N) is 2. The van der Waals surface area contributed by atoms with E-state index in [0.29, 0.717) is 5.82 Å². The van der Waals surface area contributed by atoms with Crippen LogP contribution in [-0.2, 0) is 20.9 Å². The van der Waals surface area contributed by atoms with Gasteiger partial charge in [0, 0.05) is 0 Å². The highest BCUT2D eigenvalue weighted by Gasteiger charge is 2.23. The van der Waals surface area contributed by atoms with Crippen LogP contribution in [0.25, 0.3) is 0 Å². The van der Waals surface area contributed by atoms with Gasteiger partial charge in [-0.2, -0.15) is 4.98 Å². The molecule has 0 unspecified atom stereocenters. The minimum absolute atomic E-state index is 0.0583. The van der Waals surface area contributed by atoms with E-state index in [1.54, 1.807) is 6.92 Å². The van der Waals surface area contributed by atoms with Crippen molar-refractivity contribution in [2.75, 3.05) is 7.11 Å². The van der Waals surface area contributed by atoms with Gasteiger partial charge in [-0.25, -0.2) is 9.59 Å². The topological polar surface area (TPSA) is 144 Å². The second-order valence-electron chi connectivity index (χ2n) is 3.73. The molecule has 0 fully saturated rings. The SMILES string of the molecule is COC(=O)C[C@H](NC(=O)NCc1nc(C)no1)C(=O)O. The lowest BCUT2D eigenvalue weighted by atomic mass is 10.2. The first-order valence-corrected chi connectivity index (χ1v) is 5.55. The van der Waals surface area contributed by atoms with Gasteiger partial charge in [-0.1, -0.05) is 5.16 Å². The molecule has 0 aromatic carbocycles. The van der Waals surface area contributed by atoms with E-state index in [0.717, 1.165) is 7.11 Å². The number of hydrogen-bond acceptors (Lipinski definition) is 7. The molecule has 0 aliphatic carbocycles. The van der Waals surface area contributed by atoms with E-state index in [4.69, 9.17) is 9.63 Å². The van der Waals surface area contributed by atoms with Gasteiger partial charge in [0.2, 0.25) is 5.89 Å². The Morgan fingerprint density at radius 1 is 1.45 bits per heavy atom. The lowest BCUT2D eigenvalue weighted by Crippen LogP contribution is -2.46.